The first kappa shape index (κ1) is 11.1. The van der Waals surface area contributed by atoms with Gasteiger partial charge >= 0.3 is 5.97 Å². The van der Waals surface area contributed by atoms with Crippen molar-refractivity contribution in [1.29, 1.82) is 0 Å². The van der Waals surface area contributed by atoms with Crippen molar-refractivity contribution < 1.29 is 9.53 Å². The van der Waals surface area contributed by atoms with E-state index in [9.17, 15) is 4.79 Å². The predicted molar refractivity (Wildman–Crippen MR) is 61.4 cm³/mol. The maximum Gasteiger partial charge on any atom is 0.325 e. The summed E-state index contributed by atoms with van der Waals surface area (Å²) in [6, 6.07) is 9.51. The molecule has 0 aliphatic carbocycles. The molecule has 1 heterocycles. The summed E-state index contributed by atoms with van der Waals surface area (Å²) in [6.07, 6.45) is 1.07. The molecule has 1 atom stereocenters. The van der Waals surface area contributed by atoms with E-state index in [4.69, 9.17) is 4.74 Å². The van der Waals surface area contributed by atoms with Crippen molar-refractivity contribution in [3.63, 3.8) is 0 Å². The molecule has 16 heavy (non-hydrogen) atoms. The van der Waals surface area contributed by atoms with Gasteiger partial charge in [0.25, 0.3) is 0 Å². The van der Waals surface area contributed by atoms with Crippen LogP contribution in [0.4, 0.5) is 0 Å². The van der Waals surface area contributed by atoms with Crippen molar-refractivity contribution in [2.24, 2.45) is 0 Å². The normalized spacial score (nSPS) is 19.6. The van der Waals surface area contributed by atoms with Gasteiger partial charge in [0.1, 0.15) is 5.75 Å². The van der Waals surface area contributed by atoms with Gasteiger partial charge in [-0.05, 0) is 25.1 Å². The van der Waals surface area contributed by atoms with Crippen molar-refractivity contribution >= 4 is 5.97 Å². The van der Waals surface area contributed by atoms with E-state index in [1.54, 1.807) is 12.1 Å². The van der Waals surface area contributed by atoms with Crippen LogP contribution in [0.25, 0.3) is 0 Å². The average Bonchev–Trinajstić information content (AvgIpc) is 2.81. The lowest BCUT2D eigenvalue weighted by molar-refractivity contribution is -0.133. The number of hydrogen-bond acceptors (Lipinski definition) is 4. The van der Waals surface area contributed by atoms with E-state index < -0.39 is 0 Å². The molecule has 0 amide bonds. The molecule has 1 saturated heterocycles. The lowest BCUT2D eigenvalue weighted by Crippen LogP contribution is -2.36. The summed E-state index contributed by atoms with van der Waals surface area (Å²) in [5.74, 6) is 0.358. The number of nitrogens with one attached hydrogen (secondary N) is 2. The van der Waals surface area contributed by atoms with Crippen molar-refractivity contribution in [3.8, 4) is 5.75 Å². The number of para-hydroxylation sites is 1. The molecular weight excluding hydrogens is 204 g/mol. The second kappa shape index (κ2) is 5.63. The van der Waals surface area contributed by atoms with E-state index in [2.05, 4.69) is 10.6 Å². The fourth-order valence-electron chi connectivity index (χ4n) is 1.71. The second-order valence-electron chi connectivity index (χ2n) is 3.86. The highest BCUT2D eigenvalue weighted by Crippen LogP contribution is 2.08. The number of ether oxygens (including phenoxy) is 1. The molecule has 1 aliphatic rings. The Labute approximate surface area is 95.0 Å². The van der Waals surface area contributed by atoms with Gasteiger partial charge in [0, 0.05) is 12.6 Å². The number of esters is 1. The van der Waals surface area contributed by atoms with Gasteiger partial charge in [-0.2, -0.15) is 0 Å². The van der Waals surface area contributed by atoms with Crippen LogP contribution in [-0.4, -0.2) is 31.6 Å². The first-order valence-electron chi connectivity index (χ1n) is 5.54. The Morgan fingerprint density at radius 2 is 2.25 bits per heavy atom. The van der Waals surface area contributed by atoms with Crippen LogP contribution in [0.5, 0.6) is 5.75 Å². The summed E-state index contributed by atoms with van der Waals surface area (Å²) in [5, 5.41) is 6.40. The van der Waals surface area contributed by atoms with Crippen molar-refractivity contribution in [2.45, 2.75) is 12.5 Å². The molecule has 0 bridgehead atoms. The van der Waals surface area contributed by atoms with Crippen LogP contribution in [0, 0.1) is 0 Å². The van der Waals surface area contributed by atoms with Gasteiger partial charge in [0.05, 0.1) is 6.54 Å². The largest absolute Gasteiger partial charge is 0.426 e. The summed E-state index contributed by atoms with van der Waals surface area (Å²) in [5.41, 5.74) is 0. The van der Waals surface area contributed by atoms with E-state index in [0.29, 0.717) is 11.8 Å². The Hall–Kier alpha value is -1.39. The van der Waals surface area contributed by atoms with Crippen molar-refractivity contribution in [1.82, 2.24) is 10.6 Å². The molecule has 1 aromatic carbocycles. The van der Waals surface area contributed by atoms with E-state index in [-0.39, 0.29) is 12.5 Å². The molecule has 1 aliphatic heterocycles. The maximum absolute atomic E-state index is 11.5. The molecule has 1 unspecified atom stereocenters. The average molecular weight is 220 g/mol. The van der Waals surface area contributed by atoms with Crippen molar-refractivity contribution in [2.75, 3.05) is 19.6 Å². The first-order chi connectivity index (χ1) is 7.84. The smallest absolute Gasteiger partial charge is 0.325 e. The SMILES string of the molecule is O=C(CNC1CCNC1)Oc1ccccc1. The summed E-state index contributed by atoms with van der Waals surface area (Å²) < 4.78 is 5.15. The molecule has 1 fully saturated rings. The molecule has 0 aromatic heterocycles. The number of rotatable bonds is 4. The quantitative estimate of drug-likeness (QED) is 0.574. The zero-order chi connectivity index (χ0) is 11.2. The monoisotopic (exact) mass is 220 g/mol. The number of benzene rings is 1. The molecule has 4 heteroatoms. The van der Waals surface area contributed by atoms with Gasteiger partial charge in [-0.3, -0.25) is 4.79 Å². The molecule has 0 saturated carbocycles. The third-order valence-electron chi connectivity index (χ3n) is 2.57. The van der Waals surface area contributed by atoms with Crippen LogP contribution < -0.4 is 15.4 Å². The maximum atomic E-state index is 11.5. The Balaban J connectivity index is 1.72. The fraction of sp³-hybridized carbons (Fsp3) is 0.417. The highest BCUT2D eigenvalue weighted by molar-refractivity contribution is 5.74. The molecule has 4 nitrogen and oxygen atoms in total. The molecule has 1 aromatic rings. The third kappa shape index (κ3) is 3.32. The number of carbonyl (C=O) groups excluding carboxylic acids is 1. The van der Waals surface area contributed by atoms with E-state index in [1.165, 1.54) is 0 Å². The van der Waals surface area contributed by atoms with Crippen LogP contribution >= 0.6 is 0 Å². The van der Waals surface area contributed by atoms with Crippen molar-refractivity contribution in [3.05, 3.63) is 30.3 Å². The molecule has 0 radical (unpaired) electrons. The fourth-order valence-corrected chi connectivity index (χ4v) is 1.71. The van der Waals surface area contributed by atoms with E-state index >= 15 is 0 Å². The second-order valence-corrected chi connectivity index (χ2v) is 3.86. The van der Waals surface area contributed by atoms with Gasteiger partial charge < -0.3 is 15.4 Å². The van der Waals surface area contributed by atoms with Crippen LogP contribution in [0.3, 0.4) is 0 Å². The summed E-state index contributed by atoms with van der Waals surface area (Å²) in [7, 11) is 0. The van der Waals surface area contributed by atoms with Crippen LogP contribution in [-0.2, 0) is 4.79 Å². The molecule has 2 rings (SSSR count). The van der Waals surface area contributed by atoms with Gasteiger partial charge in [0.2, 0.25) is 0 Å². The van der Waals surface area contributed by atoms with Gasteiger partial charge in [-0.1, -0.05) is 18.2 Å². The van der Waals surface area contributed by atoms with Crippen LogP contribution in [0.2, 0.25) is 0 Å². The van der Waals surface area contributed by atoms with E-state index in [1.807, 2.05) is 18.2 Å². The zero-order valence-corrected chi connectivity index (χ0v) is 9.11. The Morgan fingerprint density at radius 3 is 2.94 bits per heavy atom. The molecular formula is C12H16N2O2. The van der Waals surface area contributed by atoms with Gasteiger partial charge in [0.15, 0.2) is 0 Å². The molecule has 0 spiro atoms. The summed E-state index contributed by atoms with van der Waals surface area (Å²) in [6.45, 7) is 2.21. The lowest BCUT2D eigenvalue weighted by atomic mass is 10.2. The zero-order valence-electron chi connectivity index (χ0n) is 9.11. The minimum atomic E-state index is -0.238. The van der Waals surface area contributed by atoms with Gasteiger partial charge in [-0.15, -0.1) is 0 Å². The minimum Gasteiger partial charge on any atom is -0.426 e. The highest BCUT2D eigenvalue weighted by atomic mass is 16.5. The standard InChI is InChI=1S/C12H16N2O2/c15-12(9-14-10-6-7-13-8-10)16-11-4-2-1-3-5-11/h1-5,10,13-14H,6-9H2. The predicted octanol–water partition coefficient (Wildman–Crippen LogP) is 0.544. The Morgan fingerprint density at radius 1 is 1.44 bits per heavy atom. The highest BCUT2D eigenvalue weighted by Gasteiger charge is 2.15. The third-order valence-corrected chi connectivity index (χ3v) is 2.57. The first-order valence-corrected chi connectivity index (χ1v) is 5.54. The van der Waals surface area contributed by atoms with Crippen LogP contribution in [0.15, 0.2) is 30.3 Å². The number of hydrogen-bond donors (Lipinski definition) is 2. The van der Waals surface area contributed by atoms with Gasteiger partial charge in [-0.25, -0.2) is 0 Å². The van der Waals surface area contributed by atoms with E-state index in [0.717, 1.165) is 19.5 Å². The Bertz CT molecular complexity index is 334. The molecule has 2 N–H and O–H groups in total. The molecule has 86 valence electrons. The lowest BCUT2D eigenvalue weighted by Gasteiger charge is -2.10. The summed E-state index contributed by atoms with van der Waals surface area (Å²) in [4.78, 5) is 11.5. The Kier molecular flexibility index (Phi) is 3.91. The summed E-state index contributed by atoms with van der Waals surface area (Å²) >= 11 is 0. The number of carbonyl (C=O) groups is 1. The van der Waals surface area contributed by atoms with Crippen LogP contribution in [0.1, 0.15) is 6.42 Å². The minimum absolute atomic E-state index is 0.238. The topological polar surface area (TPSA) is 50.4 Å².